The Bertz CT molecular complexity index is 1150. The first kappa shape index (κ1) is 21.5. The molecule has 2 amide bonds. The van der Waals surface area contributed by atoms with Crippen molar-refractivity contribution in [2.75, 3.05) is 0 Å². The molecule has 0 aliphatic rings. The van der Waals surface area contributed by atoms with Gasteiger partial charge in [0.2, 0.25) is 10.0 Å². The third kappa shape index (κ3) is 5.66. The Balaban J connectivity index is 1.64. The predicted molar refractivity (Wildman–Crippen MR) is 113 cm³/mol. The van der Waals surface area contributed by atoms with Crippen LogP contribution >= 0.6 is 11.6 Å². The van der Waals surface area contributed by atoms with Gasteiger partial charge in [0.1, 0.15) is 0 Å². The van der Waals surface area contributed by atoms with Gasteiger partial charge < -0.3 is 0 Å². The predicted octanol–water partition coefficient (Wildman–Crippen LogP) is 2.89. The average molecular weight is 444 g/mol. The number of hydrogen-bond acceptors (Lipinski definition) is 4. The number of amides is 2. The molecule has 0 saturated heterocycles. The molecule has 0 radical (unpaired) electrons. The highest BCUT2D eigenvalue weighted by Crippen LogP contribution is 2.13. The van der Waals surface area contributed by atoms with Crippen molar-refractivity contribution in [2.24, 2.45) is 0 Å². The Kier molecular flexibility index (Phi) is 6.83. The number of halogens is 1. The van der Waals surface area contributed by atoms with Crippen molar-refractivity contribution in [2.45, 2.75) is 11.4 Å². The molecule has 30 heavy (non-hydrogen) atoms. The van der Waals surface area contributed by atoms with Crippen LogP contribution in [0.4, 0.5) is 0 Å². The third-order valence-corrected chi connectivity index (χ3v) is 5.76. The quantitative estimate of drug-likeness (QED) is 0.509. The van der Waals surface area contributed by atoms with Crippen molar-refractivity contribution in [3.05, 3.63) is 101 Å². The van der Waals surface area contributed by atoms with Crippen LogP contribution < -0.4 is 15.6 Å². The van der Waals surface area contributed by atoms with Crippen molar-refractivity contribution >= 4 is 33.4 Å². The fraction of sp³-hybridized carbons (Fsp3) is 0.0476. The Morgan fingerprint density at radius 1 is 0.767 bits per heavy atom. The van der Waals surface area contributed by atoms with E-state index in [1.165, 1.54) is 36.4 Å². The number of benzene rings is 3. The summed E-state index contributed by atoms with van der Waals surface area (Å²) in [5, 5.41) is 0.481. The first-order valence-corrected chi connectivity index (χ1v) is 10.7. The van der Waals surface area contributed by atoms with Gasteiger partial charge in [-0.15, -0.1) is 0 Å². The zero-order valence-electron chi connectivity index (χ0n) is 15.6. The molecule has 0 spiro atoms. The Morgan fingerprint density at radius 3 is 2.07 bits per heavy atom. The van der Waals surface area contributed by atoms with Crippen LogP contribution in [0.1, 0.15) is 26.3 Å². The molecule has 0 aromatic heterocycles. The Labute approximate surface area is 179 Å². The van der Waals surface area contributed by atoms with E-state index in [0.29, 0.717) is 10.6 Å². The van der Waals surface area contributed by atoms with Crippen molar-refractivity contribution in [3.8, 4) is 0 Å². The van der Waals surface area contributed by atoms with Crippen molar-refractivity contribution in [3.63, 3.8) is 0 Å². The molecular formula is C21H18ClN3O4S. The highest BCUT2D eigenvalue weighted by molar-refractivity contribution is 7.89. The zero-order valence-corrected chi connectivity index (χ0v) is 17.2. The molecule has 0 unspecified atom stereocenters. The van der Waals surface area contributed by atoms with Gasteiger partial charge in [0.15, 0.2) is 0 Å². The van der Waals surface area contributed by atoms with Gasteiger partial charge in [-0.3, -0.25) is 20.4 Å². The molecular weight excluding hydrogens is 426 g/mol. The smallest absolute Gasteiger partial charge is 0.267 e. The lowest BCUT2D eigenvalue weighted by atomic mass is 10.2. The molecule has 0 heterocycles. The van der Waals surface area contributed by atoms with Crippen molar-refractivity contribution < 1.29 is 18.0 Å². The van der Waals surface area contributed by atoms with Gasteiger partial charge in [0.05, 0.1) is 4.90 Å². The molecule has 3 rings (SSSR count). The molecule has 9 heteroatoms. The second-order valence-electron chi connectivity index (χ2n) is 6.25. The maximum absolute atomic E-state index is 12.5. The number of nitrogens with one attached hydrogen (secondary N) is 3. The molecule has 0 fully saturated rings. The van der Waals surface area contributed by atoms with E-state index in [0.717, 1.165) is 5.56 Å². The number of hydrazine groups is 1. The third-order valence-electron chi connectivity index (χ3n) is 4.11. The topological polar surface area (TPSA) is 104 Å². The molecule has 0 aliphatic heterocycles. The number of carbonyl (C=O) groups is 2. The summed E-state index contributed by atoms with van der Waals surface area (Å²) >= 11 is 5.78. The normalized spacial score (nSPS) is 11.0. The number of hydrogen-bond donors (Lipinski definition) is 3. The number of sulfonamides is 1. The monoisotopic (exact) mass is 443 g/mol. The Morgan fingerprint density at radius 2 is 1.40 bits per heavy atom. The zero-order chi connectivity index (χ0) is 21.6. The van der Waals surface area contributed by atoms with E-state index < -0.39 is 21.8 Å². The van der Waals surface area contributed by atoms with E-state index in [1.54, 1.807) is 24.3 Å². The van der Waals surface area contributed by atoms with Gasteiger partial charge >= 0.3 is 0 Å². The van der Waals surface area contributed by atoms with Gasteiger partial charge in [-0.1, -0.05) is 48.0 Å². The molecule has 154 valence electrons. The minimum Gasteiger partial charge on any atom is -0.267 e. The van der Waals surface area contributed by atoms with Crippen LogP contribution in [0, 0.1) is 0 Å². The van der Waals surface area contributed by atoms with Gasteiger partial charge in [0, 0.05) is 22.7 Å². The minimum absolute atomic E-state index is 0.0601. The van der Waals surface area contributed by atoms with E-state index in [9.17, 15) is 18.0 Å². The SMILES string of the molecule is O=C(NNC(=O)c1cccc(S(=O)(=O)NCc2ccccc2)c1)c1ccc(Cl)cc1. The van der Waals surface area contributed by atoms with Crippen molar-refractivity contribution in [1.29, 1.82) is 0 Å². The second kappa shape index (κ2) is 9.53. The van der Waals surface area contributed by atoms with E-state index in [-0.39, 0.29) is 17.0 Å². The fourth-order valence-electron chi connectivity index (χ4n) is 2.52. The summed E-state index contributed by atoms with van der Waals surface area (Å²) in [5.41, 5.74) is 5.73. The maximum atomic E-state index is 12.5. The maximum Gasteiger partial charge on any atom is 0.269 e. The first-order valence-electron chi connectivity index (χ1n) is 8.85. The van der Waals surface area contributed by atoms with Gasteiger partial charge in [-0.2, -0.15) is 0 Å². The summed E-state index contributed by atoms with van der Waals surface area (Å²) in [4.78, 5) is 24.3. The van der Waals surface area contributed by atoms with Crippen LogP contribution in [0.5, 0.6) is 0 Å². The standard InChI is InChI=1S/C21H18ClN3O4S/c22-18-11-9-16(10-12-18)20(26)24-25-21(27)17-7-4-8-19(13-17)30(28,29)23-14-15-5-2-1-3-6-15/h1-13,23H,14H2,(H,24,26)(H,25,27). The van der Waals surface area contributed by atoms with Crippen LogP contribution in [-0.2, 0) is 16.6 Å². The lowest BCUT2D eigenvalue weighted by Gasteiger charge is -2.10. The van der Waals surface area contributed by atoms with Crippen molar-refractivity contribution in [1.82, 2.24) is 15.6 Å². The van der Waals surface area contributed by atoms with Gasteiger partial charge in [-0.25, -0.2) is 13.1 Å². The molecule has 3 aromatic rings. The van der Waals surface area contributed by atoms with Crippen LogP contribution in [-0.4, -0.2) is 20.2 Å². The highest BCUT2D eigenvalue weighted by Gasteiger charge is 2.16. The summed E-state index contributed by atoms with van der Waals surface area (Å²) in [6.45, 7) is 0.122. The lowest BCUT2D eigenvalue weighted by molar-refractivity contribution is 0.0846. The summed E-state index contributed by atoms with van der Waals surface area (Å²) < 4.78 is 27.6. The Hall–Kier alpha value is -3.20. The first-order chi connectivity index (χ1) is 14.3. The molecule has 0 saturated carbocycles. The van der Waals surface area contributed by atoms with Crippen LogP contribution in [0.3, 0.4) is 0 Å². The van der Waals surface area contributed by atoms with Crippen LogP contribution in [0.25, 0.3) is 0 Å². The van der Waals surface area contributed by atoms with E-state index >= 15 is 0 Å². The van der Waals surface area contributed by atoms with E-state index in [4.69, 9.17) is 11.6 Å². The molecule has 0 aliphatic carbocycles. The molecule has 0 bridgehead atoms. The van der Waals surface area contributed by atoms with Crippen LogP contribution in [0.2, 0.25) is 5.02 Å². The summed E-state index contributed by atoms with van der Waals surface area (Å²) in [7, 11) is -3.82. The number of rotatable bonds is 6. The average Bonchev–Trinajstić information content (AvgIpc) is 2.77. The molecule has 3 aromatic carbocycles. The second-order valence-corrected chi connectivity index (χ2v) is 8.46. The van der Waals surface area contributed by atoms with E-state index in [1.807, 2.05) is 18.2 Å². The minimum atomic E-state index is -3.82. The fourth-order valence-corrected chi connectivity index (χ4v) is 3.71. The molecule has 7 nitrogen and oxygen atoms in total. The number of carbonyl (C=O) groups excluding carboxylic acids is 2. The summed E-state index contributed by atoms with van der Waals surface area (Å²) in [6.07, 6.45) is 0. The van der Waals surface area contributed by atoms with Gasteiger partial charge in [-0.05, 0) is 48.0 Å². The van der Waals surface area contributed by atoms with E-state index in [2.05, 4.69) is 15.6 Å². The molecule has 3 N–H and O–H groups in total. The highest BCUT2D eigenvalue weighted by atomic mass is 35.5. The summed E-state index contributed by atoms with van der Waals surface area (Å²) in [5.74, 6) is -1.19. The lowest BCUT2D eigenvalue weighted by Crippen LogP contribution is -2.41. The summed E-state index contributed by atoms with van der Waals surface area (Å²) in [6, 6.07) is 20.7. The van der Waals surface area contributed by atoms with Crippen LogP contribution in [0.15, 0.2) is 83.8 Å². The van der Waals surface area contributed by atoms with Gasteiger partial charge in [0.25, 0.3) is 11.8 Å². The molecule has 0 atom stereocenters. The largest absolute Gasteiger partial charge is 0.269 e.